The highest BCUT2D eigenvalue weighted by Gasteiger charge is 2.31. The van der Waals surface area contributed by atoms with Crippen LogP contribution in [0.3, 0.4) is 0 Å². The number of likely N-dealkylation sites (tertiary alicyclic amines) is 1. The highest BCUT2D eigenvalue weighted by atomic mass is 35.7. The van der Waals surface area contributed by atoms with Crippen LogP contribution in [0.4, 0.5) is 0 Å². The van der Waals surface area contributed by atoms with E-state index in [1.54, 1.807) is 17.3 Å². The fraction of sp³-hybridized carbons (Fsp3) is 0.545. The molecule has 1 saturated heterocycles. The topological polar surface area (TPSA) is 80.2 Å². The molecular weight excluding hydrogens is 290 g/mol. The Bertz CT molecular complexity index is 550. The van der Waals surface area contributed by atoms with E-state index in [1.165, 1.54) is 6.33 Å². The average Bonchev–Trinajstić information content (AvgIpc) is 2.66. The van der Waals surface area contributed by atoms with Crippen molar-refractivity contribution in [3.05, 3.63) is 24.3 Å². The van der Waals surface area contributed by atoms with E-state index in [2.05, 4.69) is 9.97 Å². The van der Waals surface area contributed by atoms with Gasteiger partial charge in [-0.2, -0.15) is 0 Å². The number of amides is 1. The number of carbonyl (C=O) groups is 1. The minimum absolute atomic E-state index is 0.0258. The lowest BCUT2D eigenvalue weighted by Crippen LogP contribution is -2.28. The van der Waals surface area contributed by atoms with Crippen molar-refractivity contribution in [1.82, 2.24) is 14.9 Å². The van der Waals surface area contributed by atoms with Crippen LogP contribution in [0.15, 0.2) is 18.7 Å². The molecule has 8 heteroatoms. The summed E-state index contributed by atoms with van der Waals surface area (Å²) in [6, 6.07) is 0. The zero-order valence-corrected chi connectivity index (χ0v) is 11.8. The van der Waals surface area contributed by atoms with Gasteiger partial charge in [-0.3, -0.25) is 4.79 Å². The molecule has 1 amide bonds. The van der Waals surface area contributed by atoms with Crippen LogP contribution in [0, 0.1) is 5.92 Å². The summed E-state index contributed by atoms with van der Waals surface area (Å²) >= 11 is 0. The SMILES string of the molecule is O=C1CC(CS(=O)(=O)Cl)CN1CCc1cncnc1. The van der Waals surface area contributed by atoms with Crippen LogP contribution >= 0.6 is 10.7 Å². The summed E-state index contributed by atoms with van der Waals surface area (Å²) in [6.45, 7) is 0.990. The molecule has 19 heavy (non-hydrogen) atoms. The van der Waals surface area contributed by atoms with Gasteiger partial charge in [-0.15, -0.1) is 0 Å². The lowest BCUT2D eigenvalue weighted by molar-refractivity contribution is -0.127. The van der Waals surface area contributed by atoms with E-state index in [1.807, 2.05) is 0 Å². The second-order valence-corrected chi connectivity index (χ2v) is 7.43. The molecule has 104 valence electrons. The zero-order chi connectivity index (χ0) is 13.9. The van der Waals surface area contributed by atoms with Crippen LogP contribution in [0.25, 0.3) is 0 Å². The third kappa shape index (κ3) is 4.43. The normalized spacial score (nSPS) is 19.9. The second-order valence-electron chi connectivity index (χ2n) is 4.61. The van der Waals surface area contributed by atoms with Crippen LogP contribution in [-0.2, 0) is 20.3 Å². The predicted molar refractivity (Wildman–Crippen MR) is 70.1 cm³/mol. The van der Waals surface area contributed by atoms with E-state index in [4.69, 9.17) is 10.7 Å². The summed E-state index contributed by atoms with van der Waals surface area (Å²) in [4.78, 5) is 21.2. The zero-order valence-electron chi connectivity index (χ0n) is 10.2. The number of hydrogen-bond acceptors (Lipinski definition) is 5. The highest BCUT2D eigenvalue weighted by Crippen LogP contribution is 2.21. The fourth-order valence-corrected chi connectivity index (χ4v) is 3.51. The summed E-state index contributed by atoms with van der Waals surface area (Å²) in [5.41, 5.74) is 0.948. The van der Waals surface area contributed by atoms with E-state index in [-0.39, 0.29) is 24.0 Å². The molecule has 2 rings (SSSR count). The van der Waals surface area contributed by atoms with E-state index in [0.717, 1.165) is 5.56 Å². The van der Waals surface area contributed by atoms with Crippen molar-refractivity contribution in [1.29, 1.82) is 0 Å². The highest BCUT2D eigenvalue weighted by molar-refractivity contribution is 8.13. The number of rotatable bonds is 5. The third-order valence-electron chi connectivity index (χ3n) is 3.01. The summed E-state index contributed by atoms with van der Waals surface area (Å²) in [6.07, 6.45) is 5.76. The number of hydrogen-bond donors (Lipinski definition) is 0. The van der Waals surface area contributed by atoms with Gasteiger partial charge in [0.15, 0.2) is 0 Å². The lowest BCUT2D eigenvalue weighted by atomic mass is 10.1. The van der Waals surface area contributed by atoms with Crippen LogP contribution in [0.5, 0.6) is 0 Å². The first-order chi connectivity index (χ1) is 8.94. The maximum Gasteiger partial charge on any atom is 0.232 e. The van der Waals surface area contributed by atoms with Gasteiger partial charge >= 0.3 is 0 Å². The Balaban J connectivity index is 1.87. The summed E-state index contributed by atoms with van der Waals surface area (Å²) < 4.78 is 22.0. The predicted octanol–water partition coefficient (Wildman–Crippen LogP) is 0.436. The molecule has 1 unspecified atom stereocenters. The molecule has 0 radical (unpaired) electrons. The first kappa shape index (κ1) is 14.2. The molecule has 1 aromatic heterocycles. The van der Waals surface area contributed by atoms with Gasteiger partial charge in [0.05, 0.1) is 5.75 Å². The van der Waals surface area contributed by atoms with Crippen molar-refractivity contribution in [3.8, 4) is 0 Å². The van der Waals surface area contributed by atoms with Crippen LogP contribution in [0.1, 0.15) is 12.0 Å². The van der Waals surface area contributed by atoms with E-state index >= 15 is 0 Å². The Hall–Kier alpha value is -1.21. The first-order valence-corrected chi connectivity index (χ1v) is 8.36. The third-order valence-corrected chi connectivity index (χ3v) is 4.26. The largest absolute Gasteiger partial charge is 0.342 e. The van der Waals surface area contributed by atoms with E-state index in [9.17, 15) is 13.2 Å². The number of carbonyl (C=O) groups excluding carboxylic acids is 1. The molecule has 0 N–H and O–H groups in total. The van der Waals surface area contributed by atoms with E-state index in [0.29, 0.717) is 19.5 Å². The molecule has 1 fully saturated rings. The van der Waals surface area contributed by atoms with Gasteiger partial charge in [0.25, 0.3) is 0 Å². The Morgan fingerprint density at radius 1 is 1.37 bits per heavy atom. The van der Waals surface area contributed by atoms with Gasteiger partial charge < -0.3 is 4.90 Å². The average molecular weight is 304 g/mol. The molecule has 0 aromatic carbocycles. The van der Waals surface area contributed by atoms with Crippen LogP contribution in [0.2, 0.25) is 0 Å². The Labute approximate surface area is 116 Å². The molecule has 0 saturated carbocycles. The quantitative estimate of drug-likeness (QED) is 0.737. The van der Waals surface area contributed by atoms with Gasteiger partial charge in [0.1, 0.15) is 6.33 Å². The monoisotopic (exact) mass is 303 g/mol. The van der Waals surface area contributed by atoms with Crippen molar-refractivity contribution in [2.75, 3.05) is 18.8 Å². The molecule has 2 heterocycles. The van der Waals surface area contributed by atoms with Crippen molar-refractivity contribution >= 4 is 25.6 Å². The molecule has 0 aliphatic carbocycles. The number of aromatic nitrogens is 2. The number of halogens is 1. The van der Waals surface area contributed by atoms with E-state index < -0.39 is 9.05 Å². The van der Waals surface area contributed by atoms with Crippen molar-refractivity contribution < 1.29 is 13.2 Å². The van der Waals surface area contributed by atoms with Gasteiger partial charge in [-0.25, -0.2) is 18.4 Å². The van der Waals surface area contributed by atoms with Crippen molar-refractivity contribution in [2.24, 2.45) is 5.92 Å². The molecule has 1 aromatic rings. The first-order valence-electron chi connectivity index (χ1n) is 5.88. The standard InChI is InChI=1S/C11H14ClN3O3S/c12-19(17,18)7-10-3-11(16)15(6-10)2-1-9-4-13-8-14-5-9/h4-5,8,10H,1-3,6-7H2. The van der Waals surface area contributed by atoms with Crippen molar-refractivity contribution in [2.45, 2.75) is 12.8 Å². The molecule has 0 spiro atoms. The molecule has 0 bridgehead atoms. The molecule has 1 aliphatic rings. The Morgan fingerprint density at radius 2 is 2.05 bits per heavy atom. The summed E-state index contributed by atoms with van der Waals surface area (Å²) in [7, 11) is 1.66. The van der Waals surface area contributed by atoms with Crippen LogP contribution < -0.4 is 0 Å². The van der Waals surface area contributed by atoms with Gasteiger partial charge in [0.2, 0.25) is 15.0 Å². The maximum absolute atomic E-state index is 11.7. The summed E-state index contributed by atoms with van der Waals surface area (Å²) in [5.74, 6) is -0.380. The van der Waals surface area contributed by atoms with Gasteiger partial charge in [-0.05, 0) is 12.0 Å². The van der Waals surface area contributed by atoms with Crippen LogP contribution in [-0.4, -0.2) is 48.0 Å². The molecule has 1 aliphatic heterocycles. The minimum Gasteiger partial charge on any atom is -0.342 e. The number of nitrogens with zero attached hydrogens (tertiary/aromatic N) is 3. The van der Waals surface area contributed by atoms with Gasteiger partial charge in [-0.1, -0.05) is 0 Å². The summed E-state index contributed by atoms with van der Waals surface area (Å²) in [5, 5.41) is 0. The fourth-order valence-electron chi connectivity index (χ4n) is 2.19. The smallest absolute Gasteiger partial charge is 0.232 e. The molecular formula is C11H14ClN3O3S. The Morgan fingerprint density at radius 3 is 2.68 bits per heavy atom. The minimum atomic E-state index is -3.55. The molecule has 1 atom stereocenters. The van der Waals surface area contributed by atoms with Crippen molar-refractivity contribution in [3.63, 3.8) is 0 Å². The Kier molecular flexibility index (Phi) is 4.36. The second kappa shape index (κ2) is 5.83. The maximum atomic E-state index is 11.7. The van der Waals surface area contributed by atoms with Gasteiger partial charge in [0, 0.05) is 48.5 Å². The molecule has 6 nitrogen and oxygen atoms in total. The lowest BCUT2D eigenvalue weighted by Gasteiger charge is -2.16.